The minimum atomic E-state index is -3.34. The van der Waals surface area contributed by atoms with Gasteiger partial charge in [0.2, 0.25) is 9.05 Å². The molecular weight excluding hydrogens is 1100 g/mol. The minimum absolute atomic E-state index is 0.0582. The number of nitrogens with two attached hydrogens (primary N) is 1. The Morgan fingerprint density at radius 3 is 0.840 bits per heavy atom. The maximum atomic E-state index is 11.2. The predicted molar refractivity (Wildman–Crippen MR) is 332 cm³/mol. The third-order valence-corrected chi connectivity index (χ3v) is 16.3. The van der Waals surface area contributed by atoms with E-state index >= 15 is 0 Å². The highest BCUT2D eigenvalue weighted by atomic mass is 35.7. The number of aliphatic hydroxyl groups excluding tert-OH is 1. The first-order valence-electron chi connectivity index (χ1n) is 28.1. The fourth-order valence-corrected chi connectivity index (χ4v) is 12.1. The summed E-state index contributed by atoms with van der Waals surface area (Å²) in [6.07, 6.45) is 13.6. The molecule has 0 bridgehead atoms. The normalized spacial score (nSPS) is 21.9. The van der Waals surface area contributed by atoms with Crippen molar-refractivity contribution in [3.8, 4) is 0 Å². The van der Waals surface area contributed by atoms with E-state index in [0.29, 0.717) is 41.5 Å². The summed E-state index contributed by atoms with van der Waals surface area (Å²) in [7, 11) is 2.59. The zero-order valence-corrected chi connectivity index (χ0v) is 51.5. The van der Waals surface area contributed by atoms with E-state index in [1.54, 1.807) is 0 Å². The highest BCUT2D eigenvalue weighted by molar-refractivity contribution is 8.13. The van der Waals surface area contributed by atoms with E-state index in [1.807, 2.05) is 38.4 Å². The molecular formula is C65H88ClN3O9S3. The van der Waals surface area contributed by atoms with E-state index in [-0.39, 0.29) is 18.3 Å². The van der Waals surface area contributed by atoms with Gasteiger partial charge in [0.15, 0.2) is 0 Å². The molecule has 0 amide bonds. The SMILES string of the molecule is CN(C)C1CC(N)C1.CNC.CS(=O)(=O)Cl.CS(=O)(=O)OC1CC(CC(c2ccccc2)c2ccccc2)C1.CS(=O)(=O)OC1CC(CC(c2ccccc2)c2ccccc2)C1.OC1CC(CC(c2ccccc2)c2ccccc2)C1. The number of hydrogen-bond acceptors (Lipinski definition) is 12. The third kappa shape index (κ3) is 25.7. The van der Waals surface area contributed by atoms with Crippen molar-refractivity contribution in [1.82, 2.24) is 10.2 Å². The number of aliphatic hydroxyl groups is 1. The van der Waals surface area contributed by atoms with Crippen molar-refractivity contribution in [2.45, 2.75) is 119 Å². The summed E-state index contributed by atoms with van der Waals surface area (Å²) in [4.78, 5) is 2.24. The maximum absolute atomic E-state index is 11.2. The van der Waals surface area contributed by atoms with Crippen LogP contribution in [0.2, 0.25) is 0 Å². The Bertz CT molecular complexity index is 2750. The van der Waals surface area contributed by atoms with Crippen LogP contribution in [0, 0.1) is 17.8 Å². The average Bonchev–Trinajstić information content (AvgIpc) is 3.39. The molecule has 4 aliphatic rings. The standard InChI is InChI=1S/2C19H22O3S.C18H20O.C6H14N2.C2H7N.CH3ClO2S/c2*1-23(20,21)22-18-12-15(13-18)14-19(16-8-4-2-5-9-16)17-10-6-3-7-11-17;19-17-11-14(12-17)13-18(15-7-3-1-4-8-15)16-9-5-2-6-10-16;1-8(2)6-3-5(7)4-6;1-3-2;1-5(2,3)4/h2*2-11,15,18-19H,12-14H2,1H3;1-10,14,17-19H,11-13H2;5-6H,3-4,7H2,1-2H3;3H,1-2H3;1H3. The van der Waals surface area contributed by atoms with Gasteiger partial charge in [0.25, 0.3) is 20.2 Å². The van der Waals surface area contributed by atoms with Gasteiger partial charge >= 0.3 is 0 Å². The van der Waals surface area contributed by atoms with E-state index < -0.39 is 29.3 Å². The van der Waals surface area contributed by atoms with E-state index in [4.69, 9.17) is 14.1 Å². The zero-order chi connectivity index (χ0) is 59.0. The smallest absolute Gasteiger partial charge is 0.264 e. The molecule has 4 N–H and O–H groups in total. The molecule has 4 aliphatic carbocycles. The van der Waals surface area contributed by atoms with Gasteiger partial charge < -0.3 is 21.1 Å². The molecule has 81 heavy (non-hydrogen) atoms. The molecule has 0 saturated heterocycles. The lowest BCUT2D eigenvalue weighted by Gasteiger charge is -2.37. The molecule has 0 spiro atoms. The van der Waals surface area contributed by atoms with Crippen LogP contribution < -0.4 is 11.1 Å². The van der Waals surface area contributed by atoms with Gasteiger partial charge in [-0.15, -0.1) is 0 Å². The van der Waals surface area contributed by atoms with Gasteiger partial charge in [0, 0.05) is 40.5 Å². The Hall–Kier alpha value is -4.78. The van der Waals surface area contributed by atoms with Crippen LogP contribution in [-0.2, 0) is 37.7 Å². The molecule has 0 aliphatic heterocycles. The lowest BCUT2D eigenvalue weighted by molar-refractivity contribution is 0.0374. The highest BCUT2D eigenvalue weighted by Crippen LogP contribution is 2.43. The number of benzene rings is 6. The minimum Gasteiger partial charge on any atom is -0.393 e. The number of nitrogens with zero attached hydrogens (tertiary/aromatic N) is 1. The third-order valence-electron chi connectivity index (χ3n) is 15.0. The Kier molecular flexibility index (Phi) is 27.7. The maximum Gasteiger partial charge on any atom is 0.264 e. The number of hydrogen-bond donors (Lipinski definition) is 3. The van der Waals surface area contributed by atoms with Crippen molar-refractivity contribution in [1.29, 1.82) is 0 Å². The first-order chi connectivity index (χ1) is 38.5. The molecule has 442 valence electrons. The summed E-state index contributed by atoms with van der Waals surface area (Å²) in [5, 5.41) is 12.2. The van der Waals surface area contributed by atoms with Crippen LogP contribution in [0.1, 0.15) is 122 Å². The Balaban J connectivity index is 0.000000197. The van der Waals surface area contributed by atoms with Crippen LogP contribution in [0.4, 0.5) is 0 Å². The van der Waals surface area contributed by atoms with Gasteiger partial charge in [-0.3, -0.25) is 8.37 Å². The topological polar surface area (TPSA) is 182 Å². The van der Waals surface area contributed by atoms with Gasteiger partial charge in [-0.25, -0.2) is 8.42 Å². The molecule has 4 fully saturated rings. The zero-order valence-electron chi connectivity index (χ0n) is 48.3. The van der Waals surface area contributed by atoms with Crippen molar-refractivity contribution in [2.75, 3.05) is 47.0 Å². The first kappa shape index (κ1) is 67.0. The second kappa shape index (κ2) is 33.5. The van der Waals surface area contributed by atoms with Crippen LogP contribution >= 0.6 is 10.7 Å². The van der Waals surface area contributed by atoms with Crippen molar-refractivity contribution < 1.29 is 38.7 Å². The molecule has 10 rings (SSSR count). The molecule has 6 aromatic carbocycles. The van der Waals surface area contributed by atoms with Crippen molar-refractivity contribution in [2.24, 2.45) is 23.5 Å². The van der Waals surface area contributed by atoms with Crippen molar-refractivity contribution in [3.05, 3.63) is 215 Å². The Morgan fingerprint density at radius 2 is 0.679 bits per heavy atom. The molecule has 0 atom stereocenters. The fraction of sp³-hybridized carbons (Fsp3) is 0.446. The second-order valence-corrected chi connectivity index (χ2v) is 28.6. The summed E-state index contributed by atoms with van der Waals surface area (Å²) in [5.74, 6) is 2.84. The number of nitrogens with one attached hydrogen (secondary N) is 1. The van der Waals surface area contributed by atoms with Crippen LogP contribution in [0.3, 0.4) is 0 Å². The van der Waals surface area contributed by atoms with Crippen LogP contribution in [-0.4, -0.2) is 113 Å². The molecule has 12 nitrogen and oxygen atoms in total. The lowest BCUT2D eigenvalue weighted by atomic mass is 9.73. The predicted octanol–water partition coefficient (Wildman–Crippen LogP) is 12.0. The molecule has 0 heterocycles. The van der Waals surface area contributed by atoms with E-state index in [2.05, 4.69) is 193 Å². The molecule has 0 aromatic heterocycles. The van der Waals surface area contributed by atoms with Crippen molar-refractivity contribution >= 4 is 40.0 Å². The molecule has 0 unspecified atom stereocenters. The lowest BCUT2D eigenvalue weighted by Crippen LogP contribution is -2.47. The van der Waals surface area contributed by atoms with Crippen LogP contribution in [0.25, 0.3) is 0 Å². The first-order valence-corrected chi connectivity index (χ1v) is 34.5. The van der Waals surface area contributed by atoms with Gasteiger partial charge in [-0.1, -0.05) is 182 Å². The quantitative estimate of drug-likeness (QED) is 0.0581. The average molecular weight is 1190 g/mol. The fourth-order valence-electron chi connectivity index (χ4n) is 10.8. The summed E-state index contributed by atoms with van der Waals surface area (Å²) in [6, 6.07) is 64.7. The molecule has 4 saturated carbocycles. The Labute approximate surface area is 490 Å². The van der Waals surface area contributed by atoms with Crippen LogP contribution in [0.5, 0.6) is 0 Å². The van der Waals surface area contributed by atoms with E-state index in [0.717, 1.165) is 82.6 Å². The van der Waals surface area contributed by atoms with Crippen molar-refractivity contribution in [3.63, 3.8) is 0 Å². The number of halogens is 1. The van der Waals surface area contributed by atoms with E-state index in [9.17, 15) is 30.4 Å². The van der Waals surface area contributed by atoms with Gasteiger partial charge in [-0.2, -0.15) is 16.8 Å². The van der Waals surface area contributed by atoms with Crippen LogP contribution in [0.15, 0.2) is 182 Å². The van der Waals surface area contributed by atoms with Gasteiger partial charge in [0.1, 0.15) is 0 Å². The second-order valence-electron chi connectivity index (χ2n) is 22.4. The van der Waals surface area contributed by atoms with Gasteiger partial charge in [0.05, 0.1) is 37.1 Å². The largest absolute Gasteiger partial charge is 0.393 e. The summed E-state index contributed by atoms with van der Waals surface area (Å²) >= 11 is 0. The highest BCUT2D eigenvalue weighted by Gasteiger charge is 2.36. The summed E-state index contributed by atoms with van der Waals surface area (Å²) in [6.45, 7) is 0. The number of rotatable bonds is 17. The molecule has 6 aromatic rings. The summed E-state index contributed by atoms with van der Waals surface area (Å²) in [5.41, 5.74) is 13.6. The molecule has 0 radical (unpaired) electrons. The Morgan fingerprint density at radius 1 is 0.469 bits per heavy atom. The summed E-state index contributed by atoms with van der Waals surface area (Å²) < 4.78 is 73.7. The molecule has 16 heteroatoms. The monoisotopic (exact) mass is 1190 g/mol. The van der Waals surface area contributed by atoms with E-state index in [1.165, 1.54) is 46.2 Å². The van der Waals surface area contributed by atoms with Gasteiger partial charge in [-0.05, 0) is 150 Å².